The summed E-state index contributed by atoms with van der Waals surface area (Å²) in [5, 5.41) is 9.04. The number of amides is 1. The minimum absolute atomic E-state index is 0.145. The van der Waals surface area contributed by atoms with Gasteiger partial charge in [0.2, 0.25) is 5.91 Å². The molecule has 0 bridgehead atoms. The maximum absolute atomic E-state index is 11.6. The predicted octanol–water partition coefficient (Wildman–Crippen LogP) is 1.62. The van der Waals surface area contributed by atoms with E-state index >= 15 is 0 Å². The van der Waals surface area contributed by atoms with Crippen molar-refractivity contribution in [1.29, 1.82) is 0 Å². The van der Waals surface area contributed by atoms with Crippen molar-refractivity contribution in [2.24, 2.45) is 0 Å². The molecule has 1 aromatic rings. The molecule has 1 atom stereocenters. The Bertz CT molecular complexity index is 592. The number of carboxylic acid groups (broad SMARTS) is 1. The van der Waals surface area contributed by atoms with Crippen molar-refractivity contribution in [3.8, 4) is 0 Å². The van der Waals surface area contributed by atoms with Gasteiger partial charge in [-0.05, 0) is 24.6 Å². The molecular formula is C14H15NO5S. The fourth-order valence-electron chi connectivity index (χ4n) is 2.15. The molecule has 1 saturated heterocycles. The molecule has 2 rings (SSSR count). The number of ether oxygens (including phenoxy) is 1. The van der Waals surface area contributed by atoms with E-state index in [1.165, 1.54) is 23.3 Å². The van der Waals surface area contributed by atoms with Gasteiger partial charge in [-0.2, -0.15) is 0 Å². The van der Waals surface area contributed by atoms with E-state index in [0.29, 0.717) is 11.3 Å². The average Bonchev–Trinajstić information content (AvgIpc) is 3.06. The Hall–Kier alpha value is -2.15. The molecule has 0 aromatic carbocycles. The quantitative estimate of drug-likeness (QED) is 0.836. The van der Waals surface area contributed by atoms with Crippen LogP contribution in [0.5, 0.6) is 0 Å². The standard InChI is InChI=1S/C14H15NO5S/c1-20-14(19)11-6-4-9(21-11)3-2-8-15-10(13(17)18)5-7-12(15)16/h2-4,6,10H,5,7-8H2,1H3,(H,17,18)/t10-/m1/s1. The van der Waals surface area contributed by atoms with Crippen molar-refractivity contribution in [2.45, 2.75) is 18.9 Å². The smallest absolute Gasteiger partial charge is 0.348 e. The number of nitrogens with zero attached hydrogens (tertiary/aromatic N) is 1. The zero-order valence-corrected chi connectivity index (χ0v) is 12.3. The summed E-state index contributed by atoms with van der Waals surface area (Å²) in [4.78, 5) is 36.7. The normalized spacial score (nSPS) is 18.4. The first-order valence-electron chi connectivity index (χ1n) is 6.40. The Labute approximate surface area is 125 Å². The fourth-order valence-corrected chi connectivity index (χ4v) is 3.01. The molecule has 0 spiro atoms. The monoisotopic (exact) mass is 309 g/mol. The Morgan fingerprint density at radius 2 is 2.29 bits per heavy atom. The van der Waals surface area contributed by atoms with Crippen LogP contribution in [0.25, 0.3) is 6.08 Å². The topological polar surface area (TPSA) is 83.9 Å². The lowest BCUT2D eigenvalue weighted by Crippen LogP contribution is -2.38. The number of esters is 1. The highest BCUT2D eigenvalue weighted by Gasteiger charge is 2.34. The summed E-state index contributed by atoms with van der Waals surface area (Å²) in [6.45, 7) is 0.251. The van der Waals surface area contributed by atoms with Crippen LogP contribution in [0, 0.1) is 0 Å². The maximum atomic E-state index is 11.6. The molecule has 112 valence electrons. The van der Waals surface area contributed by atoms with Gasteiger partial charge in [0, 0.05) is 17.8 Å². The Morgan fingerprint density at radius 1 is 1.52 bits per heavy atom. The highest BCUT2D eigenvalue weighted by atomic mass is 32.1. The first-order valence-corrected chi connectivity index (χ1v) is 7.21. The van der Waals surface area contributed by atoms with Gasteiger partial charge in [-0.1, -0.05) is 6.08 Å². The van der Waals surface area contributed by atoms with Gasteiger partial charge in [0.15, 0.2) is 0 Å². The van der Waals surface area contributed by atoms with Crippen molar-refractivity contribution >= 4 is 35.3 Å². The van der Waals surface area contributed by atoms with E-state index in [0.717, 1.165) is 4.88 Å². The van der Waals surface area contributed by atoms with Crippen LogP contribution in [-0.2, 0) is 14.3 Å². The molecule has 1 aromatic heterocycles. The second-order valence-corrected chi connectivity index (χ2v) is 5.65. The molecule has 6 nitrogen and oxygen atoms in total. The van der Waals surface area contributed by atoms with Gasteiger partial charge in [-0.15, -0.1) is 11.3 Å². The molecule has 2 heterocycles. The molecule has 0 radical (unpaired) electrons. The number of rotatable bonds is 5. The molecule has 0 aliphatic carbocycles. The molecule has 0 saturated carbocycles. The van der Waals surface area contributed by atoms with Crippen molar-refractivity contribution in [3.05, 3.63) is 28.0 Å². The highest BCUT2D eigenvalue weighted by molar-refractivity contribution is 7.14. The van der Waals surface area contributed by atoms with Crippen LogP contribution < -0.4 is 0 Å². The molecule has 1 fully saturated rings. The van der Waals surface area contributed by atoms with E-state index in [2.05, 4.69) is 4.74 Å². The number of carboxylic acids is 1. The Kier molecular flexibility index (Phi) is 4.74. The van der Waals surface area contributed by atoms with Crippen molar-refractivity contribution in [3.63, 3.8) is 0 Å². The first-order chi connectivity index (χ1) is 10.0. The zero-order chi connectivity index (χ0) is 15.4. The number of carbonyl (C=O) groups excluding carboxylic acids is 2. The molecule has 1 amide bonds. The minimum atomic E-state index is -0.974. The maximum Gasteiger partial charge on any atom is 0.348 e. The van der Waals surface area contributed by atoms with E-state index in [1.807, 2.05) is 0 Å². The first kappa shape index (κ1) is 15.2. The largest absolute Gasteiger partial charge is 0.480 e. The van der Waals surface area contributed by atoms with Gasteiger partial charge >= 0.3 is 11.9 Å². The van der Waals surface area contributed by atoms with E-state index < -0.39 is 12.0 Å². The summed E-state index contributed by atoms with van der Waals surface area (Å²) < 4.78 is 4.62. The molecule has 7 heteroatoms. The van der Waals surface area contributed by atoms with Crippen molar-refractivity contribution in [1.82, 2.24) is 4.90 Å². The highest BCUT2D eigenvalue weighted by Crippen LogP contribution is 2.21. The molecule has 1 N–H and O–H groups in total. The van der Waals surface area contributed by atoms with Crippen LogP contribution in [0.4, 0.5) is 0 Å². The molecule has 1 aliphatic heterocycles. The number of aliphatic carboxylic acids is 1. The molecule has 0 unspecified atom stereocenters. The van der Waals surface area contributed by atoms with Crippen LogP contribution in [-0.4, -0.2) is 47.5 Å². The van der Waals surface area contributed by atoms with Crippen LogP contribution in [0.3, 0.4) is 0 Å². The summed E-state index contributed by atoms with van der Waals surface area (Å²) in [6.07, 6.45) is 4.12. The van der Waals surface area contributed by atoms with Gasteiger partial charge in [-0.25, -0.2) is 9.59 Å². The summed E-state index contributed by atoms with van der Waals surface area (Å²) in [6, 6.07) is 2.70. The Balaban J connectivity index is 1.98. The van der Waals surface area contributed by atoms with Gasteiger partial charge in [0.05, 0.1) is 7.11 Å². The SMILES string of the molecule is COC(=O)c1ccc(C=CCN2C(=O)CC[C@@H]2C(=O)O)s1. The second-order valence-electron chi connectivity index (χ2n) is 4.53. The van der Waals surface area contributed by atoms with Gasteiger partial charge in [0.1, 0.15) is 10.9 Å². The number of carbonyl (C=O) groups is 3. The predicted molar refractivity (Wildman–Crippen MR) is 77.1 cm³/mol. The number of hydrogen-bond donors (Lipinski definition) is 1. The molecular weight excluding hydrogens is 294 g/mol. The van der Waals surface area contributed by atoms with Gasteiger partial charge in [-0.3, -0.25) is 4.79 Å². The molecule has 21 heavy (non-hydrogen) atoms. The van der Waals surface area contributed by atoms with E-state index in [9.17, 15) is 14.4 Å². The zero-order valence-electron chi connectivity index (χ0n) is 11.4. The minimum Gasteiger partial charge on any atom is -0.480 e. The molecule has 1 aliphatic rings. The van der Waals surface area contributed by atoms with E-state index in [1.54, 1.807) is 24.3 Å². The Morgan fingerprint density at radius 3 is 2.95 bits per heavy atom. The van der Waals surface area contributed by atoms with Gasteiger partial charge in [0.25, 0.3) is 0 Å². The lowest BCUT2D eigenvalue weighted by molar-refractivity contribution is -0.145. The summed E-state index contributed by atoms with van der Waals surface area (Å²) >= 11 is 1.27. The van der Waals surface area contributed by atoms with Crippen LogP contribution in [0.1, 0.15) is 27.4 Å². The number of hydrogen-bond acceptors (Lipinski definition) is 5. The third kappa shape index (κ3) is 3.49. The number of thiophene rings is 1. The fraction of sp³-hybridized carbons (Fsp3) is 0.357. The van der Waals surface area contributed by atoms with Crippen LogP contribution >= 0.6 is 11.3 Å². The third-order valence-electron chi connectivity index (χ3n) is 3.21. The lowest BCUT2D eigenvalue weighted by Gasteiger charge is -2.19. The lowest BCUT2D eigenvalue weighted by atomic mass is 10.2. The third-order valence-corrected chi connectivity index (χ3v) is 4.24. The van der Waals surface area contributed by atoms with Crippen molar-refractivity contribution < 1.29 is 24.2 Å². The van der Waals surface area contributed by atoms with Crippen molar-refractivity contribution in [2.75, 3.05) is 13.7 Å². The summed E-state index contributed by atoms with van der Waals surface area (Å²) in [7, 11) is 1.32. The number of likely N-dealkylation sites (tertiary alicyclic amines) is 1. The van der Waals surface area contributed by atoms with E-state index in [-0.39, 0.29) is 24.8 Å². The average molecular weight is 309 g/mol. The summed E-state index contributed by atoms with van der Waals surface area (Å²) in [5.41, 5.74) is 0. The second kappa shape index (κ2) is 6.53. The number of methoxy groups -OCH3 is 1. The van der Waals surface area contributed by atoms with Gasteiger partial charge < -0.3 is 14.7 Å². The summed E-state index contributed by atoms with van der Waals surface area (Å²) in [5.74, 6) is -1.51. The van der Waals surface area contributed by atoms with Crippen LogP contribution in [0.15, 0.2) is 18.2 Å². The van der Waals surface area contributed by atoms with Crippen LogP contribution in [0.2, 0.25) is 0 Å². The van der Waals surface area contributed by atoms with E-state index in [4.69, 9.17) is 5.11 Å².